The van der Waals surface area contributed by atoms with Gasteiger partial charge in [0.1, 0.15) is 11.5 Å². The molecule has 1 aromatic heterocycles. The molecule has 0 bridgehead atoms. The number of anilines is 1. The highest BCUT2D eigenvalue weighted by molar-refractivity contribution is 5.92. The first kappa shape index (κ1) is 19.9. The predicted octanol–water partition coefficient (Wildman–Crippen LogP) is 1.67. The average Bonchev–Trinajstić information content (AvgIpc) is 2.72. The van der Waals surface area contributed by atoms with E-state index in [0.717, 1.165) is 25.1 Å². The smallest absolute Gasteiger partial charge is 0.274 e. The van der Waals surface area contributed by atoms with E-state index in [1.807, 2.05) is 26.2 Å². The summed E-state index contributed by atoms with van der Waals surface area (Å²) in [5.41, 5.74) is 2.59. The van der Waals surface area contributed by atoms with Gasteiger partial charge in [0.05, 0.1) is 26.6 Å². The number of rotatable bonds is 7. The lowest BCUT2D eigenvalue weighted by atomic mass is 9.98. The Balaban J connectivity index is 1.67. The predicted molar refractivity (Wildman–Crippen MR) is 107 cm³/mol. The highest BCUT2D eigenvalue weighted by atomic mass is 16.5. The lowest BCUT2D eigenvalue weighted by Gasteiger charge is -2.29. The van der Waals surface area contributed by atoms with Gasteiger partial charge in [-0.25, -0.2) is 9.97 Å². The molecule has 1 aliphatic rings. The fraction of sp³-hybridized carbons (Fsp3) is 0.450. The fourth-order valence-corrected chi connectivity index (χ4v) is 3.16. The van der Waals surface area contributed by atoms with Gasteiger partial charge in [-0.15, -0.1) is 0 Å². The first-order chi connectivity index (χ1) is 13.5. The Kier molecular flexibility index (Phi) is 6.30. The van der Waals surface area contributed by atoms with E-state index in [4.69, 9.17) is 9.47 Å². The molecule has 8 nitrogen and oxygen atoms in total. The molecule has 1 N–H and O–H groups in total. The number of aromatic nitrogens is 2. The summed E-state index contributed by atoms with van der Waals surface area (Å²) >= 11 is 0. The molecule has 2 aromatic rings. The van der Waals surface area contributed by atoms with Crippen molar-refractivity contribution in [2.24, 2.45) is 0 Å². The zero-order valence-corrected chi connectivity index (χ0v) is 16.9. The van der Waals surface area contributed by atoms with Crippen LogP contribution in [0.2, 0.25) is 0 Å². The number of hydrogen-bond acceptors (Lipinski definition) is 7. The normalized spacial score (nSPS) is 13.2. The zero-order valence-electron chi connectivity index (χ0n) is 16.9. The van der Waals surface area contributed by atoms with E-state index in [1.54, 1.807) is 25.3 Å². The first-order valence-electron chi connectivity index (χ1n) is 9.25. The van der Waals surface area contributed by atoms with Crippen molar-refractivity contribution in [2.45, 2.75) is 13.0 Å². The van der Waals surface area contributed by atoms with Crippen LogP contribution in [0.15, 0.2) is 24.5 Å². The van der Waals surface area contributed by atoms with Crippen LogP contribution in [-0.2, 0) is 13.0 Å². The van der Waals surface area contributed by atoms with E-state index < -0.39 is 0 Å². The Morgan fingerprint density at radius 3 is 2.46 bits per heavy atom. The van der Waals surface area contributed by atoms with Gasteiger partial charge in [-0.3, -0.25) is 4.79 Å². The van der Waals surface area contributed by atoms with Gasteiger partial charge in [0, 0.05) is 26.2 Å². The molecular weight excluding hydrogens is 358 g/mol. The number of carbonyl (C=O) groups is 1. The highest BCUT2D eigenvalue weighted by Gasteiger charge is 2.24. The van der Waals surface area contributed by atoms with Gasteiger partial charge < -0.3 is 24.6 Å². The summed E-state index contributed by atoms with van der Waals surface area (Å²) in [5.74, 6) is 1.93. The summed E-state index contributed by atoms with van der Waals surface area (Å²) in [7, 11) is 7.26. The van der Waals surface area contributed by atoms with E-state index in [1.165, 1.54) is 11.8 Å². The SMILES string of the molecule is COc1cc2c(cc1OC)CN(C(=O)c1cnc(NCCN(C)C)cn1)CC2. The second-order valence-electron chi connectivity index (χ2n) is 6.97. The van der Waals surface area contributed by atoms with Crippen molar-refractivity contribution in [3.63, 3.8) is 0 Å². The Hall–Kier alpha value is -2.87. The number of carbonyl (C=O) groups excluding carboxylic acids is 1. The van der Waals surface area contributed by atoms with Gasteiger partial charge in [0.25, 0.3) is 5.91 Å². The zero-order chi connectivity index (χ0) is 20.1. The lowest BCUT2D eigenvalue weighted by molar-refractivity contribution is 0.0728. The number of fused-ring (bicyclic) bond motifs is 1. The third-order valence-corrected chi connectivity index (χ3v) is 4.74. The van der Waals surface area contributed by atoms with Crippen molar-refractivity contribution in [1.29, 1.82) is 0 Å². The minimum atomic E-state index is -0.118. The summed E-state index contributed by atoms with van der Waals surface area (Å²) in [5, 5.41) is 3.19. The summed E-state index contributed by atoms with van der Waals surface area (Å²) < 4.78 is 10.7. The molecule has 0 aliphatic carbocycles. The Morgan fingerprint density at radius 2 is 1.86 bits per heavy atom. The average molecular weight is 385 g/mol. The molecule has 0 fully saturated rings. The highest BCUT2D eigenvalue weighted by Crippen LogP contribution is 2.33. The van der Waals surface area contributed by atoms with Crippen LogP contribution in [0.4, 0.5) is 5.82 Å². The Morgan fingerprint density at radius 1 is 1.14 bits per heavy atom. The molecule has 1 aromatic carbocycles. The number of methoxy groups -OCH3 is 2. The van der Waals surface area contributed by atoms with Crippen molar-refractivity contribution >= 4 is 11.7 Å². The van der Waals surface area contributed by atoms with Gasteiger partial charge in [0.2, 0.25) is 0 Å². The van der Waals surface area contributed by atoms with Crippen molar-refractivity contribution in [2.75, 3.05) is 53.3 Å². The van der Waals surface area contributed by atoms with E-state index in [9.17, 15) is 4.79 Å². The van der Waals surface area contributed by atoms with Crippen LogP contribution in [-0.4, -0.2) is 73.6 Å². The third kappa shape index (κ3) is 4.51. The quantitative estimate of drug-likeness (QED) is 0.776. The Labute approximate surface area is 165 Å². The summed E-state index contributed by atoms with van der Waals surface area (Å²) in [6.45, 7) is 2.80. The number of likely N-dealkylation sites (N-methyl/N-ethyl adjacent to an activating group) is 1. The second kappa shape index (κ2) is 8.88. The maximum Gasteiger partial charge on any atom is 0.274 e. The summed E-state index contributed by atoms with van der Waals surface area (Å²) in [6.07, 6.45) is 3.90. The first-order valence-corrected chi connectivity index (χ1v) is 9.25. The van der Waals surface area contributed by atoms with Crippen LogP contribution in [0.3, 0.4) is 0 Å². The standard InChI is InChI=1S/C20H27N5O3/c1-24(2)8-6-21-19-12-22-16(11-23-19)20(26)25-7-5-14-9-17(27-3)18(28-4)10-15(14)13-25/h9-12H,5-8,13H2,1-4H3,(H,21,23). The Bertz CT molecular complexity index is 823. The van der Waals surface area contributed by atoms with E-state index in [0.29, 0.717) is 36.1 Å². The molecule has 0 unspecified atom stereocenters. The number of nitrogens with zero attached hydrogens (tertiary/aromatic N) is 4. The second-order valence-corrected chi connectivity index (χ2v) is 6.97. The maximum absolute atomic E-state index is 12.8. The summed E-state index contributed by atoms with van der Waals surface area (Å²) in [6, 6.07) is 3.93. The van der Waals surface area contributed by atoms with Gasteiger partial charge in [-0.05, 0) is 43.8 Å². The van der Waals surface area contributed by atoms with Crippen LogP contribution in [0, 0.1) is 0 Å². The number of nitrogens with one attached hydrogen (secondary N) is 1. The largest absolute Gasteiger partial charge is 0.493 e. The molecule has 0 saturated carbocycles. The van der Waals surface area contributed by atoms with Gasteiger partial charge in [0.15, 0.2) is 11.5 Å². The topological polar surface area (TPSA) is 79.8 Å². The number of hydrogen-bond donors (Lipinski definition) is 1. The molecule has 0 radical (unpaired) electrons. The van der Waals surface area contributed by atoms with Crippen LogP contribution in [0.5, 0.6) is 11.5 Å². The molecule has 8 heteroatoms. The number of benzene rings is 1. The van der Waals surface area contributed by atoms with E-state index in [-0.39, 0.29) is 5.91 Å². The van der Waals surface area contributed by atoms with Crippen molar-refractivity contribution < 1.29 is 14.3 Å². The minimum absolute atomic E-state index is 0.118. The molecule has 28 heavy (non-hydrogen) atoms. The number of ether oxygens (including phenoxy) is 2. The van der Waals surface area contributed by atoms with Crippen LogP contribution >= 0.6 is 0 Å². The summed E-state index contributed by atoms with van der Waals surface area (Å²) in [4.78, 5) is 25.3. The van der Waals surface area contributed by atoms with Crippen molar-refractivity contribution in [1.82, 2.24) is 19.8 Å². The van der Waals surface area contributed by atoms with Gasteiger partial charge >= 0.3 is 0 Å². The monoisotopic (exact) mass is 385 g/mol. The molecule has 2 heterocycles. The van der Waals surface area contributed by atoms with Crippen LogP contribution in [0.25, 0.3) is 0 Å². The van der Waals surface area contributed by atoms with Crippen molar-refractivity contribution in [3.8, 4) is 11.5 Å². The van der Waals surface area contributed by atoms with Gasteiger partial charge in [-0.2, -0.15) is 0 Å². The van der Waals surface area contributed by atoms with Crippen LogP contribution < -0.4 is 14.8 Å². The maximum atomic E-state index is 12.8. The third-order valence-electron chi connectivity index (χ3n) is 4.74. The molecule has 0 atom stereocenters. The molecule has 3 rings (SSSR count). The number of amides is 1. The molecule has 1 aliphatic heterocycles. The van der Waals surface area contributed by atoms with E-state index in [2.05, 4.69) is 20.2 Å². The lowest BCUT2D eigenvalue weighted by Crippen LogP contribution is -2.36. The van der Waals surface area contributed by atoms with Gasteiger partial charge in [-0.1, -0.05) is 0 Å². The van der Waals surface area contributed by atoms with Crippen LogP contribution in [0.1, 0.15) is 21.6 Å². The molecule has 150 valence electrons. The molecular formula is C20H27N5O3. The fourth-order valence-electron chi connectivity index (χ4n) is 3.16. The minimum Gasteiger partial charge on any atom is -0.493 e. The van der Waals surface area contributed by atoms with Crippen molar-refractivity contribution in [3.05, 3.63) is 41.3 Å². The van der Waals surface area contributed by atoms with E-state index >= 15 is 0 Å². The molecule has 0 spiro atoms. The molecule has 1 amide bonds. The molecule has 0 saturated heterocycles.